The lowest BCUT2D eigenvalue weighted by Crippen LogP contribution is -2.08. The third-order valence-electron chi connectivity index (χ3n) is 2.02. The smallest absolute Gasteiger partial charge is 0.328 e. The zero-order valence-electron chi connectivity index (χ0n) is 9.43. The standard InChI is InChI=1S/C13H13NO3/c1-9(2)10-3-5-11(6-4-10)14-12(15)7-8-13(16)17/h3-8H,1H2,2H3,(H,14,15)(H,16,17). The number of anilines is 1. The van der Waals surface area contributed by atoms with Crippen LogP contribution >= 0.6 is 0 Å². The van der Waals surface area contributed by atoms with E-state index in [1.54, 1.807) is 12.1 Å². The van der Waals surface area contributed by atoms with Crippen molar-refractivity contribution in [3.63, 3.8) is 0 Å². The van der Waals surface area contributed by atoms with Crippen molar-refractivity contribution in [2.24, 2.45) is 0 Å². The van der Waals surface area contributed by atoms with Crippen molar-refractivity contribution in [1.82, 2.24) is 0 Å². The lowest BCUT2D eigenvalue weighted by molar-refractivity contribution is -0.131. The number of hydrogen-bond acceptors (Lipinski definition) is 2. The molecule has 1 rings (SSSR count). The van der Waals surface area contributed by atoms with E-state index in [4.69, 9.17) is 5.11 Å². The lowest BCUT2D eigenvalue weighted by Gasteiger charge is -2.04. The van der Waals surface area contributed by atoms with E-state index in [1.807, 2.05) is 19.1 Å². The third kappa shape index (κ3) is 4.34. The quantitative estimate of drug-likeness (QED) is 0.781. The summed E-state index contributed by atoms with van der Waals surface area (Å²) in [4.78, 5) is 21.5. The molecule has 4 nitrogen and oxygen atoms in total. The van der Waals surface area contributed by atoms with Crippen LogP contribution in [0.4, 0.5) is 5.69 Å². The van der Waals surface area contributed by atoms with Gasteiger partial charge < -0.3 is 10.4 Å². The highest BCUT2D eigenvalue weighted by atomic mass is 16.4. The maximum atomic E-state index is 11.3. The van der Waals surface area contributed by atoms with E-state index < -0.39 is 11.9 Å². The van der Waals surface area contributed by atoms with Gasteiger partial charge >= 0.3 is 5.97 Å². The minimum Gasteiger partial charge on any atom is -0.478 e. The second kappa shape index (κ2) is 5.65. The number of carboxylic acids is 1. The molecule has 0 radical (unpaired) electrons. The van der Waals surface area contributed by atoms with Crippen LogP contribution in [0.5, 0.6) is 0 Å². The van der Waals surface area contributed by atoms with Crippen LogP contribution in [0.3, 0.4) is 0 Å². The first-order valence-corrected chi connectivity index (χ1v) is 4.97. The highest BCUT2D eigenvalue weighted by molar-refractivity contribution is 6.02. The summed E-state index contributed by atoms with van der Waals surface area (Å²) in [6.07, 6.45) is 1.76. The fraction of sp³-hybridized carbons (Fsp3) is 0.0769. The summed E-state index contributed by atoms with van der Waals surface area (Å²) in [5.41, 5.74) is 2.53. The topological polar surface area (TPSA) is 66.4 Å². The molecule has 0 fully saturated rings. The van der Waals surface area contributed by atoms with Crippen molar-refractivity contribution in [2.75, 3.05) is 5.32 Å². The van der Waals surface area contributed by atoms with E-state index in [2.05, 4.69) is 11.9 Å². The molecule has 2 N–H and O–H groups in total. The van der Waals surface area contributed by atoms with Gasteiger partial charge in [0.15, 0.2) is 0 Å². The maximum Gasteiger partial charge on any atom is 0.328 e. The molecule has 0 unspecified atom stereocenters. The first kappa shape index (κ1) is 12.7. The summed E-state index contributed by atoms with van der Waals surface area (Å²) in [7, 11) is 0. The summed E-state index contributed by atoms with van der Waals surface area (Å²) in [5, 5.41) is 10.9. The Kier molecular flexibility index (Phi) is 4.22. The predicted molar refractivity (Wildman–Crippen MR) is 66.6 cm³/mol. The molecule has 0 saturated carbocycles. The molecule has 0 bridgehead atoms. The Bertz CT molecular complexity index is 472. The Morgan fingerprint density at radius 1 is 1.24 bits per heavy atom. The van der Waals surface area contributed by atoms with Crippen LogP contribution in [-0.4, -0.2) is 17.0 Å². The second-order valence-corrected chi connectivity index (χ2v) is 3.52. The first-order chi connectivity index (χ1) is 7.99. The highest BCUT2D eigenvalue weighted by Gasteiger charge is 1.99. The Balaban J connectivity index is 2.66. The summed E-state index contributed by atoms with van der Waals surface area (Å²) >= 11 is 0. The number of amides is 1. The largest absolute Gasteiger partial charge is 0.478 e. The summed E-state index contributed by atoms with van der Waals surface area (Å²) < 4.78 is 0. The number of benzene rings is 1. The number of nitrogens with one attached hydrogen (secondary N) is 1. The molecular formula is C13H13NO3. The maximum absolute atomic E-state index is 11.3. The van der Waals surface area contributed by atoms with Gasteiger partial charge in [-0.25, -0.2) is 4.79 Å². The number of allylic oxidation sites excluding steroid dienone is 1. The highest BCUT2D eigenvalue weighted by Crippen LogP contribution is 2.15. The third-order valence-corrected chi connectivity index (χ3v) is 2.02. The molecule has 0 saturated heterocycles. The van der Waals surface area contributed by atoms with Crippen molar-refractivity contribution in [2.45, 2.75) is 6.92 Å². The molecule has 0 heterocycles. The van der Waals surface area contributed by atoms with Gasteiger partial charge in [0, 0.05) is 17.8 Å². The molecule has 17 heavy (non-hydrogen) atoms. The van der Waals surface area contributed by atoms with Crippen LogP contribution in [0.15, 0.2) is 43.0 Å². The fourth-order valence-electron chi connectivity index (χ4n) is 1.17. The summed E-state index contributed by atoms with van der Waals surface area (Å²) in [6.45, 7) is 5.69. The first-order valence-electron chi connectivity index (χ1n) is 4.97. The number of carbonyl (C=O) groups is 2. The van der Waals surface area contributed by atoms with Crippen LogP contribution in [0.1, 0.15) is 12.5 Å². The Morgan fingerprint density at radius 2 is 1.82 bits per heavy atom. The minimum atomic E-state index is -1.15. The van der Waals surface area contributed by atoms with E-state index in [-0.39, 0.29) is 0 Å². The zero-order chi connectivity index (χ0) is 12.8. The molecule has 0 aliphatic rings. The van der Waals surface area contributed by atoms with Gasteiger partial charge in [-0.15, -0.1) is 0 Å². The molecule has 0 aliphatic carbocycles. The minimum absolute atomic E-state index is 0.476. The van der Waals surface area contributed by atoms with E-state index in [0.29, 0.717) is 5.69 Å². The number of carbonyl (C=O) groups excluding carboxylic acids is 1. The van der Waals surface area contributed by atoms with Gasteiger partial charge in [0.1, 0.15) is 0 Å². The fourth-order valence-corrected chi connectivity index (χ4v) is 1.17. The second-order valence-electron chi connectivity index (χ2n) is 3.52. The molecule has 4 heteroatoms. The zero-order valence-corrected chi connectivity index (χ0v) is 9.43. The van der Waals surface area contributed by atoms with Gasteiger partial charge in [0.25, 0.3) is 0 Å². The molecule has 0 atom stereocenters. The Hall–Kier alpha value is -2.36. The monoisotopic (exact) mass is 231 g/mol. The van der Waals surface area contributed by atoms with E-state index >= 15 is 0 Å². The van der Waals surface area contributed by atoms with Gasteiger partial charge in [0.05, 0.1) is 0 Å². The van der Waals surface area contributed by atoms with Crippen molar-refractivity contribution < 1.29 is 14.7 Å². The lowest BCUT2D eigenvalue weighted by atomic mass is 10.1. The van der Waals surface area contributed by atoms with Crippen LogP contribution in [0, 0.1) is 0 Å². The summed E-state index contributed by atoms with van der Waals surface area (Å²) in [6, 6.07) is 7.13. The van der Waals surface area contributed by atoms with Crippen molar-refractivity contribution in [3.8, 4) is 0 Å². The van der Waals surface area contributed by atoms with Crippen molar-refractivity contribution in [1.29, 1.82) is 0 Å². The molecule has 1 aromatic rings. The Morgan fingerprint density at radius 3 is 2.29 bits per heavy atom. The number of hydrogen-bond donors (Lipinski definition) is 2. The Labute approximate surface area is 99.3 Å². The van der Waals surface area contributed by atoms with Gasteiger partial charge in [-0.2, -0.15) is 0 Å². The van der Waals surface area contributed by atoms with Crippen LogP contribution in [-0.2, 0) is 9.59 Å². The van der Waals surface area contributed by atoms with Crippen LogP contribution in [0.25, 0.3) is 5.57 Å². The number of rotatable bonds is 4. The molecule has 0 spiro atoms. The van der Waals surface area contributed by atoms with E-state index in [9.17, 15) is 9.59 Å². The average molecular weight is 231 g/mol. The average Bonchev–Trinajstić information content (AvgIpc) is 2.27. The van der Waals surface area contributed by atoms with Gasteiger partial charge in [0.2, 0.25) is 5.91 Å². The SMILES string of the molecule is C=C(C)c1ccc(NC(=O)C=CC(=O)O)cc1. The van der Waals surface area contributed by atoms with Crippen molar-refractivity contribution in [3.05, 3.63) is 48.6 Å². The molecule has 1 amide bonds. The van der Waals surface area contributed by atoms with Crippen molar-refractivity contribution >= 4 is 23.1 Å². The molecule has 0 aliphatic heterocycles. The molecule has 1 aromatic carbocycles. The van der Waals surface area contributed by atoms with Crippen LogP contribution in [0.2, 0.25) is 0 Å². The molecule has 88 valence electrons. The summed E-state index contributed by atoms with van der Waals surface area (Å²) in [5.74, 6) is -1.63. The van der Waals surface area contributed by atoms with Gasteiger partial charge in [-0.05, 0) is 24.6 Å². The number of carboxylic acid groups (broad SMARTS) is 1. The van der Waals surface area contributed by atoms with E-state index in [1.165, 1.54) is 0 Å². The normalized spacial score (nSPS) is 10.2. The van der Waals surface area contributed by atoms with E-state index in [0.717, 1.165) is 23.3 Å². The van der Waals surface area contributed by atoms with Gasteiger partial charge in [-0.3, -0.25) is 4.79 Å². The number of aliphatic carboxylic acids is 1. The van der Waals surface area contributed by atoms with Gasteiger partial charge in [-0.1, -0.05) is 24.3 Å². The molecular weight excluding hydrogens is 218 g/mol. The molecule has 0 aromatic heterocycles. The van der Waals surface area contributed by atoms with Crippen LogP contribution < -0.4 is 5.32 Å². The predicted octanol–water partition coefficient (Wildman–Crippen LogP) is 2.30.